The van der Waals surface area contributed by atoms with Gasteiger partial charge < -0.3 is 14.4 Å². The van der Waals surface area contributed by atoms with E-state index in [1.54, 1.807) is 11.3 Å². The zero-order valence-corrected chi connectivity index (χ0v) is 12.9. The summed E-state index contributed by atoms with van der Waals surface area (Å²) in [5, 5.41) is 9.32. The first kappa shape index (κ1) is 14.0. The van der Waals surface area contributed by atoms with Crippen LogP contribution in [0.3, 0.4) is 0 Å². The van der Waals surface area contributed by atoms with Gasteiger partial charge >= 0.3 is 0 Å². The predicted molar refractivity (Wildman–Crippen MR) is 83.4 cm³/mol. The van der Waals surface area contributed by atoms with Crippen molar-refractivity contribution in [2.45, 2.75) is 25.9 Å². The number of hydrogen-bond donors (Lipinski definition) is 1. The quantitative estimate of drug-likeness (QED) is 0.761. The van der Waals surface area contributed by atoms with E-state index in [0.717, 1.165) is 24.5 Å². The normalized spacial score (nSPS) is 12.7. The lowest BCUT2D eigenvalue weighted by atomic mass is 10.2. The van der Waals surface area contributed by atoms with Crippen molar-refractivity contribution in [1.82, 2.24) is 20.0 Å². The number of thiophene rings is 1. The van der Waals surface area contributed by atoms with E-state index >= 15 is 0 Å². The Hall–Kier alpha value is -1.92. The first-order chi connectivity index (χ1) is 10.3. The van der Waals surface area contributed by atoms with Crippen molar-refractivity contribution in [3.05, 3.63) is 46.5 Å². The molecule has 1 N–H and O–H groups in total. The molecule has 21 heavy (non-hydrogen) atoms. The van der Waals surface area contributed by atoms with Crippen LogP contribution in [0, 0.1) is 0 Å². The molecule has 0 saturated carbocycles. The molecule has 0 bridgehead atoms. The lowest BCUT2D eigenvalue weighted by Crippen LogP contribution is -2.24. The highest BCUT2D eigenvalue weighted by Gasteiger charge is 2.14. The molecule has 3 aromatic heterocycles. The second-order valence-corrected chi connectivity index (χ2v) is 6.04. The molecule has 6 heteroatoms. The molecule has 0 fully saturated rings. The van der Waals surface area contributed by atoms with Crippen molar-refractivity contribution in [3.8, 4) is 11.6 Å². The third-order valence-electron chi connectivity index (χ3n) is 3.40. The summed E-state index contributed by atoms with van der Waals surface area (Å²) in [6, 6.07) is 8.53. The van der Waals surface area contributed by atoms with E-state index in [9.17, 15) is 0 Å². The van der Waals surface area contributed by atoms with Crippen molar-refractivity contribution in [3.63, 3.8) is 0 Å². The number of nitrogens with one attached hydrogen (secondary N) is 1. The first-order valence-corrected chi connectivity index (χ1v) is 7.82. The molecule has 0 radical (unpaired) electrons. The van der Waals surface area contributed by atoms with Crippen molar-refractivity contribution in [2.24, 2.45) is 0 Å². The number of aromatic nitrogens is 3. The van der Waals surface area contributed by atoms with Crippen LogP contribution in [0.1, 0.15) is 17.6 Å². The van der Waals surface area contributed by atoms with Crippen LogP contribution in [0.5, 0.6) is 0 Å². The van der Waals surface area contributed by atoms with Crippen LogP contribution in [0.2, 0.25) is 0 Å². The Kier molecular flexibility index (Phi) is 4.17. The van der Waals surface area contributed by atoms with E-state index in [1.807, 2.05) is 25.4 Å². The highest BCUT2D eigenvalue weighted by Crippen LogP contribution is 2.21. The summed E-state index contributed by atoms with van der Waals surface area (Å²) in [4.78, 5) is 5.80. The summed E-state index contributed by atoms with van der Waals surface area (Å²) >= 11 is 1.75. The van der Waals surface area contributed by atoms with Crippen LogP contribution in [0.4, 0.5) is 0 Å². The third-order valence-corrected chi connectivity index (χ3v) is 4.27. The second kappa shape index (κ2) is 6.24. The average molecular weight is 302 g/mol. The predicted octanol–water partition coefficient (Wildman–Crippen LogP) is 2.80. The molecule has 0 aliphatic rings. The van der Waals surface area contributed by atoms with Crippen LogP contribution in [-0.2, 0) is 13.0 Å². The Bertz CT molecular complexity index is 686. The highest BCUT2D eigenvalue weighted by atomic mass is 32.1. The van der Waals surface area contributed by atoms with Gasteiger partial charge in [-0.05, 0) is 37.6 Å². The van der Waals surface area contributed by atoms with Crippen molar-refractivity contribution in [2.75, 3.05) is 7.05 Å². The smallest absolute Gasteiger partial charge is 0.274 e. The molecule has 3 rings (SSSR count). The molecule has 110 valence electrons. The number of likely N-dealkylation sites (N-methyl/N-ethyl adjacent to an activating group) is 1. The van der Waals surface area contributed by atoms with Gasteiger partial charge in [-0.25, -0.2) is 0 Å². The fourth-order valence-corrected chi connectivity index (χ4v) is 2.84. The summed E-state index contributed by atoms with van der Waals surface area (Å²) in [6.07, 6.45) is 2.79. The van der Waals surface area contributed by atoms with Crippen LogP contribution < -0.4 is 5.32 Å². The van der Waals surface area contributed by atoms with E-state index in [1.165, 1.54) is 4.88 Å². The molecule has 5 nitrogen and oxygen atoms in total. The summed E-state index contributed by atoms with van der Waals surface area (Å²) in [5.74, 6) is 1.31. The Morgan fingerprint density at radius 3 is 3.05 bits per heavy atom. The van der Waals surface area contributed by atoms with E-state index < -0.39 is 0 Å². The van der Waals surface area contributed by atoms with Gasteiger partial charge in [0.15, 0.2) is 5.82 Å². The highest BCUT2D eigenvalue weighted by molar-refractivity contribution is 7.09. The lowest BCUT2D eigenvalue weighted by Gasteiger charge is -2.05. The molecule has 0 saturated heterocycles. The summed E-state index contributed by atoms with van der Waals surface area (Å²) in [5.41, 5.74) is 0.958. The number of hydrogen-bond acceptors (Lipinski definition) is 5. The molecule has 3 aromatic rings. The largest absolute Gasteiger partial charge is 0.338 e. The SMILES string of the molecule is CNC(C)Cc1noc(-c2cccn2Cc2cccs2)n1. The van der Waals surface area contributed by atoms with Crippen LogP contribution in [-0.4, -0.2) is 27.8 Å². The molecular formula is C15H18N4OS. The fourth-order valence-electron chi connectivity index (χ4n) is 2.13. The molecule has 0 aromatic carbocycles. The number of nitrogens with zero attached hydrogens (tertiary/aromatic N) is 3. The van der Waals surface area contributed by atoms with Crippen LogP contribution in [0.25, 0.3) is 11.6 Å². The minimum Gasteiger partial charge on any atom is -0.338 e. The maximum absolute atomic E-state index is 5.41. The molecule has 0 amide bonds. The topological polar surface area (TPSA) is 55.9 Å². The summed E-state index contributed by atoms with van der Waals surface area (Å²) in [6.45, 7) is 2.92. The van der Waals surface area contributed by atoms with Gasteiger partial charge in [0.1, 0.15) is 5.69 Å². The van der Waals surface area contributed by atoms with E-state index in [0.29, 0.717) is 11.9 Å². The van der Waals surface area contributed by atoms with Crippen molar-refractivity contribution >= 4 is 11.3 Å². The minimum atomic E-state index is 0.327. The van der Waals surface area contributed by atoms with E-state index in [-0.39, 0.29) is 0 Å². The number of rotatable bonds is 6. The molecule has 0 spiro atoms. The Morgan fingerprint density at radius 1 is 1.38 bits per heavy atom. The summed E-state index contributed by atoms with van der Waals surface area (Å²) < 4.78 is 7.54. The molecule has 0 aliphatic heterocycles. The van der Waals surface area contributed by atoms with Gasteiger partial charge in [0.05, 0.1) is 6.54 Å². The van der Waals surface area contributed by atoms with Gasteiger partial charge in [-0.2, -0.15) is 4.98 Å². The van der Waals surface area contributed by atoms with E-state index in [2.05, 4.69) is 44.5 Å². The summed E-state index contributed by atoms with van der Waals surface area (Å²) in [7, 11) is 1.93. The maximum Gasteiger partial charge on any atom is 0.274 e. The molecular weight excluding hydrogens is 284 g/mol. The average Bonchev–Trinajstić information content (AvgIpc) is 3.20. The van der Waals surface area contributed by atoms with Crippen LogP contribution >= 0.6 is 11.3 Å². The van der Waals surface area contributed by atoms with Gasteiger partial charge in [-0.15, -0.1) is 11.3 Å². The van der Waals surface area contributed by atoms with Gasteiger partial charge in [-0.1, -0.05) is 11.2 Å². The molecule has 1 atom stereocenters. The van der Waals surface area contributed by atoms with Gasteiger partial charge in [-0.3, -0.25) is 0 Å². The lowest BCUT2D eigenvalue weighted by molar-refractivity contribution is 0.415. The van der Waals surface area contributed by atoms with Gasteiger partial charge in [0.25, 0.3) is 5.89 Å². The Balaban J connectivity index is 1.79. The monoisotopic (exact) mass is 302 g/mol. The van der Waals surface area contributed by atoms with Crippen molar-refractivity contribution in [1.29, 1.82) is 0 Å². The minimum absolute atomic E-state index is 0.327. The Morgan fingerprint density at radius 2 is 2.29 bits per heavy atom. The first-order valence-electron chi connectivity index (χ1n) is 6.94. The Labute approximate surface area is 127 Å². The van der Waals surface area contributed by atoms with E-state index in [4.69, 9.17) is 4.52 Å². The fraction of sp³-hybridized carbons (Fsp3) is 0.333. The maximum atomic E-state index is 5.41. The second-order valence-electron chi connectivity index (χ2n) is 5.01. The van der Waals surface area contributed by atoms with Gasteiger partial charge in [0.2, 0.25) is 0 Å². The van der Waals surface area contributed by atoms with Crippen molar-refractivity contribution < 1.29 is 4.52 Å². The third kappa shape index (κ3) is 3.22. The van der Waals surface area contributed by atoms with Crippen LogP contribution in [0.15, 0.2) is 40.4 Å². The molecule has 0 aliphatic carbocycles. The standard InChI is InChI=1S/C15H18N4OS/c1-11(16-2)9-14-17-15(20-18-14)13-6-3-7-19(13)10-12-5-4-8-21-12/h3-8,11,16H,9-10H2,1-2H3. The molecule has 1 unspecified atom stereocenters. The molecule has 3 heterocycles. The zero-order chi connectivity index (χ0) is 14.7. The van der Waals surface area contributed by atoms with Gasteiger partial charge in [0, 0.05) is 23.5 Å². The zero-order valence-electron chi connectivity index (χ0n) is 12.1.